The van der Waals surface area contributed by atoms with Gasteiger partial charge in [-0.25, -0.2) is 0 Å². The van der Waals surface area contributed by atoms with Crippen LogP contribution in [0.4, 0.5) is 5.82 Å². The Balaban J connectivity index is 2.13. The third kappa shape index (κ3) is 2.64. The molecule has 96 valence electrons. The van der Waals surface area contributed by atoms with Crippen molar-refractivity contribution in [3.8, 4) is 5.75 Å². The van der Waals surface area contributed by atoms with Crippen LogP contribution in [0.15, 0.2) is 24.3 Å². The first-order valence-electron chi connectivity index (χ1n) is 6.12. The van der Waals surface area contributed by atoms with E-state index in [9.17, 15) is 0 Å². The second kappa shape index (κ2) is 5.12. The van der Waals surface area contributed by atoms with Crippen molar-refractivity contribution in [2.75, 3.05) is 5.73 Å². The Hall–Kier alpha value is -1.97. The third-order valence-corrected chi connectivity index (χ3v) is 2.90. The van der Waals surface area contributed by atoms with Crippen LogP contribution >= 0.6 is 0 Å². The van der Waals surface area contributed by atoms with Crippen LogP contribution < -0.4 is 10.5 Å². The fraction of sp³-hybridized carbons (Fsp3) is 0.357. The second-order valence-electron chi connectivity index (χ2n) is 4.43. The Bertz CT molecular complexity index is 546. The van der Waals surface area contributed by atoms with Crippen LogP contribution in [-0.2, 0) is 13.2 Å². The number of ether oxygens (including phenoxy) is 1. The average molecular weight is 245 g/mol. The molecule has 0 fully saturated rings. The SMILES string of the molecule is CCn1nc(N)cc1COc1cc(C)ccc1C. The van der Waals surface area contributed by atoms with Gasteiger partial charge >= 0.3 is 0 Å². The maximum atomic E-state index is 5.84. The molecule has 2 aromatic rings. The van der Waals surface area contributed by atoms with E-state index in [4.69, 9.17) is 10.5 Å². The van der Waals surface area contributed by atoms with Crippen LogP contribution in [0.2, 0.25) is 0 Å². The van der Waals surface area contributed by atoms with Crippen molar-refractivity contribution in [2.24, 2.45) is 0 Å². The summed E-state index contributed by atoms with van der Waals surface area (Å²) in [6.07, 6.45) is 0. The fourth-order valence-corrected chi connectivity index (χ4v) is 1.88. The number of nitrogens with zero attached hydrogens (tertiary/aromatic N) is 2. The number of aromatic nitrogens is 2. The van der Waals surface area contributed by atoms with Crippen molar-refractivity contribution >= 4 is 5.82 Å². The first-order valence-corrected chi connectivity index (χ1v) is 6.12. The van der Waals surface area contributed by atoms with Crippen LogP contribution in [0.25, 0.3) is 0 Å². The summed E-state index contributed by atoms with van der Waals surface area (Å²) in [5, 5.41) is 4.20. The lowest BCUT2D eigenvalue weighted by molar-refractivity contribution is 0.290. The second-order valence-corrected chi connectivity index (χ2v) is 4.43. The van der Waals surface area contributed by atoms with E-state index in [0.717, 1.165) is 23.6 Å². The normalized spacial score (nSPS) is 10.6. The minimum absolute atomic E-state index is 0.488. The van der Waals surface area contributed by atoms with Gasteiger partial charge in [0, 0.05) is 12.6 Å². The molecule has 1 heterocycles. The van der Waals surface area contributed by atoms with Crippen molar-refractivity contribution in [1.82, 2.24) is 9.78 Å². The number of nitrogens with two attached hydrogens (primary N) is 1. The van der Waals surface area contributed by atoms with Crippen LogP contribution in [0.5, 0.6) is 5.75 Å². The van der Waals surface area contributed by atoms with Crippen molar-refractivity contribution < 1.29 is 4.74 Å². The summed E-state index contributed by atoms with van der Waals surface area (Å²) in [5.74, 6) is 1.45. The molecule has 1 aromatic carbocycles. The number of hydrogen-bond acceptors (Lipinski definition) is 3. The Morgan fingerprint density at radius 2 is 2.06 bits per heavy atom. The van der Waals surface area contributed by atoms with Gasteiger partial charge in [0.05, 0.1) is 5.69 Å². The van der Waals surface area contributed by atoms with Crippen molar-refractivity contribution in [2.45, 2.75) is 33.9 Å². The molecule has 0 aliphatic heterocycles. The van der Waals surface area contributed by atoms with Gasteiger partial charge in [-0.05, 0) is 38.0 Å². The molecule has 0 bridgehead atoms. The third-order valence-electron chi connectivity index (χ3n) is 2.90. The van der Waals surface area contributed by atoms with Gasteiger partial charge in [-0.15, -0.1) is 0 Å². The van der Waals surface area contributed by atoms with E-state index in [-0.39, 0.29) is 0 Å². The predicted molar refractivity (Wildman–Crippen MR) is 72.6 cm³/mol. The highest BCUT2D eigenvalue weighted by molar-refractivity contribution is 5.36. The van der Waals surface area contributed by atoms with Gasteiger partial charge in [-0.2, -0.15) is 5.10 Å². The van der Waals surface area contributed by atoms with Crippen molar-refractivity contribution in [1.29, 1.82) is 0 Å². The molecule has 0 saturated heterocycles. The maximum Gasteiger partial charge on any atom is 0.145 e. The lowest BCUT2D eigenvalue weighted by atomic mass is 10.1. The number of nitrogen functional groups attached to an aromatic ring is 1. The summed E-state index contributed by atoms with van der Waals surface area (Å²) in [6.45, 7) is 7.42. The first-order chi connectivity index (χ1) is 8.60. The molecule has 0 aliphatic carbocycles. The zero-order chi connectivity index (χ0) is 13.1. The fourth-order valence-electron chi connectivity index (χ4n) is 1.88. The molecule has 0 aliphatic rings. The van der Waals surface area contributed by atoms with Gasteiger partial charge in [-0.3, -0.25) is 4.68 Å². The van der Waals surface area contributed by atoms with Gasteiger partial charge in [0.2, 0.25) is 0 Å². The van der Waals surface area contributed by atoms with Gasteiger partial charge in [0.25, 0.3) is 0 Å². The highest BCUT2D eigenvalue weighted by Gasteiger charge is 2.06. The molecule has 4 nitrogen and oxygen atoms in total. The summed E-state index contributed by atoms with van der Waals surface area (Å²) in [7, 11) is 0. The first kappa shape index (κ1) is 12.5. The van der Waals surface area contributed by atoms with Gasteiger partial charge in [0.1, 0.15) is 18.2 Å². The predicted octanol–water partition coefficient (Wildman–Crippen LogP) is 2.68. The molecule has 0 saturated carbocycles. The van der Waals surface area contributed by atoms with E-state index >= 15 is 0 Å². The lowest BCUT2D eigenvalue weighted by Crippen LogP contribution is -2.06. The molecule has 0 unspecified atom stereocenters. The summed E-state index contributed by atoms with van der Waals surface area (Å²) >= 11 is 0. The Morgan fingerprint density at radius 1 is 1.28 bits per heavy atom. The summed E-state index contributed by atoms with van der Waals surface area (Å²) in [6, 6.07) is 8.05. The molecule has 1 aromatic heterocycles. The summed E-state index contributed by atoms with van der Waals surface area (Å²) < 4.78 is 7.70. The molecule has 2 N–H and O–H groups in total. The highest BCUT2D eigenvalue weighted by Crippen LogP contribution is 2.20. The number of anilines is 1. The van der Waals surface area contributed by atoms with E-state index in [1.807, 2.05) is 30.7 Å². The van der Waals surface area contributed by atoms with Crippen LogP contribution in [-0.4, -0.2) is 9.78 Å². The maximum absolute atomic E-state index is 5.84. The number of benzene rings is 1. The van der Waals surface area contributed by atoms with Gasteiger partial charge in [0.15, 0.2) is 0 Å². The Morgan fingerprint density at radius 3 is 2.78 bits per heavy atom. The Kier molecular flexibility index (Phi) is 3.55. The van der Waals surface area contributed by atoms with E-state index in [1.54, 1.807) is 0 Å². The van der Waals surface area contributed by atoms with Gasteiger partial charge < -0.3 is 10.5 Å². The minimum atomic E-state index is 0.488. The Labute approximate surface area is 107 Å². The molecule has 4 heteroatoms. The number of aryl methyl sites for hydroxylation is 3. The molecule has 0 atom stereocenters. The summed E-state index contributed by atoms with van der Waals surface area (Å²) in [5.41, 5.74) is 9.02. The van der Waals surface area contributed by atoms with Crippen molar-refractivity contribution in [3.05, 3.63) is 41.1 Å². The lowest BCUT2D eigenvalue weighted by Gasteiger charge is -2.10. The highest BCUT2D eigenvalue weighted by atomic mass is 16.5. The quantitative estimate of drug-likeness (QED) is 0.901. The largest absolute Gasteiger partial charge is 0.487 e. The summed E-state index contributed by atoms with van der Waals surface area (Å²) in [4.78, 5) is 0. The van der Waals surface area contributed by atoms with E-state index < -0.39 is 0 Å². The monoisotopic (exact) mass is 245 g/mol. The minimum Gasteiger partial charge on any atom is -0.487 e. The number of hydrogen-bond donors (Lipinski definition) is 1. The van der Waals surface area contributed by atoms with Crippen LogP contribution in [0.1, 0.15) is 23.7 Å². The molecular weight excluding hydrogens is 226 g/mol. The molecule has 2 rings (SSSR count). The average Bonchev–Trinajstić information content (AvgIpc) is 2.71. The standard InChI is InChI=1S/C14H19N3O/c1-4-17-12(8-14(15)16-17)9-18-13-7-10(2)5-6-11(13)3/h5-8H,4,9H2,1-3H3,(H2,15,16). The topological polar surface area (TPSA) is 53.1 Å². The zero-order valence-corrected chi connectivity index (χ0v) is 11.1. The van der Waals surface area contributed by atoms with Crippen LogP contribution in [0, 0.1) is 13.8 Å². The molecule has 0 radical (unpaired) electrons. The van der Waals surface area contributed by atoms with Crippen LogP contribution in [0.3, 0.4) is 0 Å². The molecular formula is C14H19N3O. The number of rotatable bonds is 4. The van der Waals surface area contributed by atoms with Crippen molar-refractivity contribution in [3.63, 3.8) is 0 Å². The zero-order valence-electron chi connectivity index (χ0n) is 11.1. The van der Waals surface area contributed by atoms with E-state index in [0.29, 0.717) is 12.4 Å². The van der Waals surface area contributed by atoms with E-state index in [2.05, 4.69) is 24.2 Å². The van der Waals surface area contributed by atoms with E-state index in [1.165, 1.54) is 5.56 Å². The smallest absolute Gasteiger partial charge is 0.145 e. The molecule has 0 spiro atoms. The van der Waals surface area contributed by atoms with Gasteiger partial charge in [-0.1, -0.05) is 12.1 Å². The molecule has 0 amide bonds. The molecule has 18 heavy (non-hydrogen) atoms.